The average molecular weight is 327 g/mol. The normalized spacial score (nSPS) is 14.2. The molecule has 0 radical (unpaired) electrons. The molecule has 1 aromatic rings. The van der Waals surface area contributed by atoms with Crippen LogP contribution in [0.4, 0.5) is 0 Å². The monoisotopic (exact) mass is 326 g/mol. The fraction of sp³-hybridized carbons (Fsp3) is 0.500. The van der Waals surface area contributed by atoms with Crippen LogP contribution in [0, 0.1) is 0 Å². The van der Waals surface area contributed by atoms with Crippen molar-refractivity contribution in [2.24, 2.45) is 5.73 Å². The molecule has 1 aliphatic rings. The number of nitrogens with two attached hydrogens (primary N) is 1. The molecule has 104 valence electrons. The maximum atomic E-state index is 11.5. The van der Waals surface area contributed by atoms with Crippen LogP contribution in [0.3, 0.4) is 0 Å². The Morgan fingerprint density at radius 1 is 1.47 bits per heavy atom. The summed E-state index contributed by atoms with van der Waals surface area (Å²) in [6.45, 7) is 0.979. The Labute approximate surface area is 121 Å². The van der Waals surface area contributed by atoms with Gasteiger partial charge in [-0.15, -0.1) is 0 Å². The summed E-state index contributed by atoms with van der Waals surface area (Å²) < 4.78 is 6.69. The molecule has 0 atom stereocenters. The average Bonchev–Trinajstić information content (AvgIpc) is 3.16. The van der Waals surface area contributed by atoms with Gasteiger partial charge in [0.15, 0.2) is 0 Å². The van der Waals surface area contributed by atoms with Crippen molar-refractivity contribution in [3.63, 3.8) is 0 Å². The smallest absolute Gasteiger partial charge is 0.223 e. The number of amides is 1. The molecule has 1 aliphatic carbocycles. The van der Waals surface area contributed by atoms with Gasteiger partial charge in [0.25, 0.3) is 0 Å². The Bertz CT molecular complexity index is 447. The Morgan fingerprint density at radius 2 is 2.26 bits per heavy atom. The fourth-order valence-corrected chi connectivity index (χ4v) is 2.23. The first-order valence-electron chi connectivity index (χ1n) is 6.59. The maximum Gasteiger partial charge on any atom is 0.223 e. The van der Waals surface area contributed by atoms with Crippen molar-refractivity contribution in [3.8, 4) is 5.75 Å². The minimum absolute atomic E-state index is 0.0694. The molecular weight excluding hydrogens is 308 g/mol. The van der Waals surface area contributed by atoms with Crippen molar-refractivity contribution in [3.05, 3.63) is 28.2 Å². The highest BCUT2D eigenvalue weighted by molar-refractivity contribution is 9.10. The molecule has 0 heterocycles. The number of rotatable bonds is 7. The first-order chi connectivity index (χ1) is 9.19. The third kappa shape index (κ3) is 4.84. The van der Waals surface area contributed by atoms with E-state index in [-0.39, 0.29) is 5.91 Å². The number of carbonyl (C=O) groups is 1. The quantitative estimate of drug-likeness (QED) is 0.805. The highest BCUT2D eigenvalue weighted by Crippen LogP contribution is 2.24. The largest absolute Gasteiger partial charge is 0.493 e. The third-order valence-corrected chi connectivity index (χ3v) is 3.46. The second kappa shape index (κ2) is 6.91. The molecule has 0 saturated heterocycles. The van der Waals surface area contributed by atoms with E-state index in [1.54, 1.807) is 0 Å². The van der Waals surface area contributed by atoms with Gasteiger partial charge in [0, 0.05) is 10.5 Å². The summed E-state index contributed by atoms with van der Waals surface area (Å²) in [6, 6.07) is 6.26. The van der Waals surface area contributed by atoms with Gasteiger partial charge in [0.1, 0.15) is 5.75 Å². The molecule has 3 N–H and O–H groups in total. The van der Waals surface area contributed by atoms with E-state index in [1.165, 1.54) is 0 Å². The van der Waals surface area contributed by atoms with E-state index in [2.05, 4.69) is 21.2 Å². The van der Waals surface area contributed by atoms with E-state index < -0.39 is 0 Å². The van der Waals surface area contributed by atoms with E-state index in [0.717, 1.165) is 35.0 Å². The van der Waals surface area contributed by atoms with Crippen LogP contribution in [-0.2, 0) is 11.2 Å². The topological polar surface area (TPSA) is 64.3 Å². The SMILES string of the molecule is NCCc1cc(Br)ccc1OCCC(=O)NC1CC1. The number of hydrogen-bond acceptors (Lipinski definition) is 3. The van der Waals surface area contributed by atoms with Crippen LogP contribution in [-0.4, -0.2) is 25.1 Å². The van der Waals surface area contributed by atoms with Gasteiger partial charge in [0.05, 0.1) is 13.0 Å². The van der Waals surface area contributed by atoms with Crippen molar-refractivity contribution in [1.82, 2.24) is 5.32 Å². The molecule has 0 aliphatic heterocycles. The minimum atomic E-state index is 0.0694. The summed E-state index contributed by atoms with van der Waals surface area (Å²) in [5.41, 5.74) is 6.65. The lowest BCUT2D eigenvalue weighted by atomic mass is 10.1. The summed E-state index contributed by atoms with van der Waals surface area (Å²) in [4.78, 5) is 11.5. The van der Waals surface area contributed by atoms with Gasteiger partial charge in [0.2, 0.25) is 5.91 Å². The molecule has 0 aromatic heterocycles. The number of halogens is 1. The molecule has 4 nitrogen and oxygen atoms in total. The maximum absolute atomic E-state index is 11.5. The Hall–Kier alpha value is -1.07. The van der Waals surface area contributed by atoms with Gasteiger partial charge in [-0.1, -0.05) is 15.9 Å². The summed E-state index contributed by atoms with van der Waals surface area (Å²) in [7, 11) is 0. The fourth-order valence-electron chi connectivity index (χ4n) is 1.82. The summed E-state index contributed by atoms with van der Waals surface area (Å²) >= 11 is 3.43. The first kappa shape index (κ1) is 14.3. The molecule has 2 rings (SSSR count). The molecule has 0 spiro atoms. The zero-order valence-corrected chi connectivity index (χ0v) is 12.4. The number of carbonyl (C=O) groups excluding carboxylic acids is 1. The van der Waals surface area contributed by atoms with Crippen LogP contribution in [0.15, 0.2) is 22.7 Å². The molecular formula is C14H19BrN2O2. The van der Waals surface area contributed by atoms with Crippen molar-refractivity contribution in [1.29, 1.82) is 0 Å². The lowest BCUT2D eigenvalue weighted by molar-refractivity contribution is -0.121. The van der Waals surface area contributed by atoms with E-state index in [9.17, 15) is 4.79 Å². The minimum Gasteiger partial charge on any atom is -0.493 e. The molecule has 0 bridgehead atoms. The second-order valence-corrected chi connectivity index (χ2v) is 5.65. The molecule has 19 heavy (non-hydrogen) atoms. The number of nitrogens with one attached hydrogen (secondary N) is 1. The lowest BCUT2D eigenvalue weighted by Gasteiger charge is -2.11. The van der Waals surface area contributed by atoms with Crippen LogP contribution in [0.1, 0.15) is 24.8 Å². The van der Waals surface area contributed by atoms with Gasteiger partial charge in [-0.3, -0.25) is 4.79 Å². The van der Waals surface area contributed by atoms with Crippen LogP contribution < -0.4 is 15.8 Å². The van der Waals surface area contributed by atoms with Crippen molar-refractivity contribution < 1.29 is 9.53 Å². The van der Waals surface area contributed by atoms with Crippen LogP contribution in [0.2, 0.25) is 0 Å². The first-order valence-corrected chi connectivity index (χ1v) is 7.39. The van der Waals surface area contributed by atoms with Gasteiger partial charge in [-0.25, -0.2) is 0 Å². The Morgan fingerprint density at radius 3 is 2.95 bits per heavy atom. The number of hydrogen-bond donors (Lipinski definition) is 2. The lowest BCUT2D eigenvalue weighted by Crippen LogP contribution is -2.26. The molecule has 1 fully saturated rings. The van der Waals surface area contributed by atoms with Crippen LogP contribution >= 0.6 is 15.9 Å². The predicted molar refractivity (Wildman–Crippen MR) is 78.2 cm³/mol. The van der Waals surface area contributed by atoms with Gasteiger partial charge in [-0.2, -0.15) is 0 Å². The molecule has 5 heteroatoms. The van der Waals surface area contributed by atoms with Gasteiger partial charge >= 0.3 is 0 Å². The number of ether oxygens (including phenoxy) is 1. The van der Waals surface area contributed by atoms with E-state index >= 15 is 0 Å². The highest BCUT2D eigenvalue weighted by Gasteiger charge is 2.22. The number of benzene rings is 1. The zero-order valence-electron chi connectivity index (χ0n) is 10.8. The third-order valence-electron chi connectivity index (χ3n) is 2.97. The Balaban J connectivity index is 1.82. The summed E-state index contributed by atoms with van der Waals surface area (Å²) in [6.07, 6.45) is 3.39. The van der Waals surface area contributed by atoms with E-state index in [1.807, 2.05) is 18.2 Å². The van der Waals surface area contributed by atoms with Crippen LogP contribution in [0.5, 0.6) is 5.75 Å². The summed E-state index contributed by atoms with van der Waals surface area (Å²) in [5.74, 6) is 0.882. The molecule has 0 unspecified atom stereocenters. The van der Waals surface area contributed by atoms with Gasteiger partial charge < -0.3 is 15.8 Å². The van der Waals surface area contributed by atoms with Crippen molar-refractivity contribution >= 4 is 21.8 Å². The van der Waals surface area contributed by atoms with Gasteiger partial charge in [-0.05, 0) is 49.6 Å². The van der Waals surface area contributed by atoms with Crippen molar-refractivity contribution in [2.45, 2.75) is 31.7 Å². The second-order valence-electron chi connectivity index (χ2n) is 4.73. The highest BCUT2D eigenvalue weighted by atomic mass is 79.9. The molecule has 1 saturated carbocycles. The zero-order chi connectivity index (χ0) is 13.7. The van der Waals surface area contributed by atoms with Crippen LogP contribution in [0.25, 0.3) is 0 Å². The summed E-state index contributed by atoms with van der Waals surface area (Å²) in [5, 5.41) is 2.94. The predicted octanol–water partition coefficient (Wildman–Crippen LogP) is 2.00. The van der Waals surface area contributed by atoms with Crippen molar-refractivity contribution in [2.75, 3.05) is 13.2 Å². The van der Waals surface area contributed by atoms with E-state index in [0.29, 0.717) is 25.6 Å². The van der Waals surface area contributed by atoms with E-state index in [4.69, 9.17) is 10.5 Å². The Kier molecular flexibility index (Phi) is 5.22. The molecule has 1 aromatic carbocycles. The standard InChI is InChI=1S/C14H19BrN2O2/c15-11-1-4-13(10(9-11)5-7-16)19-8-6-14(18)17-12-2-3-12/h1,4,9,12H,2-3,5-8,16H2,(H,17,18). The molecule has 1 amide bonds.